The maximum absolute atomic E-state index is 11.6. The number of nitrogens with one attached hydrogen (secondary N) is 1. The average Bonchev–Trinajstić information content (AvgIpc) is 2.41. The van der Waals surface area contributed by atoms with Gasteiger partial charge in [-0.25, -0.2) is 0 Å². The highest BCUT2D eigenvalue weighted by Gasteiger charge is 2.19. The van der Waals surface area contributed by atoms with Crippen LogP contribution in [0.1, 0.15) is 12.5 Å². The molecule has 0 fully saturated rings. The number of aromatic nitrogens is 1. The Morgan fingerprint density at radius 3 is 3.00 bits per heavy atom. The SMILES string of the molecule is CC1=C(c2ccnc3ccccc23)SC(=O)CN1. The molecular weight excluding hydrogens is 244 g/mol. The lowest BCUT2D eigenvalue weighted by Crippen LogP contribution is -2.24. The van der Waals surface area contributed by atoms with E-state index in [2.05, 4.69) is 10.3 Å². The monoisotopic (exact) mass is 256 g/mol. The number of benzene rings is 1. The zero-order valence-corrected chi connectivity index (χ0v) is 10.8. The van der Waals surface area contributed by atoms with E-state index in [4.69, 9.17) is 0 Å². The van der Waals surface area contributed by atoms with Crippen LogP contribution in [0, 0.1) is 0 Å². The molecule has 1 aromatic heterocycles. The van der Waals surface area contributed by atoms with Gasteiger partial charge in [-0.2, -0.15) is 0 Å². The van der Waals surface area contributed by atoms with Gasteiger partial charge in [0.15, 0.2) is 0 Å². The summed E-state index contributed by atoms with van der Waals surface area (Å²) in [4.78, 5) is 16.9. The fraction of sp³-hybridized carbons (Fsp3) is 0.143. The van der Waals surface area contributed by atoms with Crippen molar-refractivity contribution in [2.75, 3.05) is 6.54 Å². The first-order valence-electron chi connectivity index (χ1n) is 5.75. The van der Waals surface area contributed by atoms with E-state index >= 15 is 0 Å². The van der Waals surface area contributed by atoms with E-state index in [0.29, 0.717) is 6.54 Å². The number of pyridine rings is 1. The molecule has 1 aromatic carbocycles. The van der Waals surface area contributed by atoms with Gasteiger partial charge in [0, 0.05) is 27.7 Å². The van der Waals surface area contributed by atoms with Gasteiger partial charge in [0.1, 0.15) is 0 Å². The van der Waals surface area contributed by atoms with Gasteiger partial charge in [-0.1, -0.05) is 18.2 Å². The third-order valence-electron chi connectivity index (χ3n) is 2.95. The Kier molecular flexibility index (Phi) is 2.80. The molecule has 0 amide bonds. The quantitative estimate of drug-likeness (QED) is 0.852. The highest BCUT2D eigenvalue weighted by molar-refractivity contribution is 8.21. The number of fused-ring (bicyclic) bond motifs is 1. The van der Waals surface area contributed by atoms with E-state index in [1.165, 1.54) is 11.8 Å². The van der Waals surface area contributed by atoms with Gasteiger partial charge in [0.05, 0.1) is 12.1 Å². The van der Waals surface area contributed by atoms with Gasteiger partial charge >= 0.3 is 0 Å². The van der Waals surface area contributed by atoms with Gasteiger partial charge in [-0.3, -0.25) is 9.78 Å². The van der Waals surface area contributed by atoms with Crippen molar-refractivity contribution in [2.45, 2.75) is 6.92 Å². The molecule has 1 N–H and O–H groups in total. The Bertz CT molecular complexity index is 658. The molecule has 90 valence electrons. The van der Waals surface area contributed by atoms with Crippen molar-refractivity contribution in [3.05, 3.63) is 47.8 Å². The van der Waals surface area contributed by atoms with E-state index in [1.54, 1.807) is 6.20 Å². The number of carbonyl (C=O) groups is 1. The Hall–Kier alpha value is -1.81. The maximum Gasteiger partial charge on any atom is 0.212 e. The molecule has 0 atom stereocenters. The zero-order chi connectivity index (χ0) is 12.5. The van der Waals surface area contributed by atoms with E-state index in [9.17, 15) is 4.79 Å². The zero-order valence-electron chi connectivity index (χ0n) is 9.93. The molecule has 0 saturated heterocycles. The summed E-state index contributed by atoms with van der Waals surface area (Å²) in [5.41, 5.74) is 3.08. The van der Waals surface area contributed by atoms with E-state index in [0.717, 1.165) is 27.1 Å². The van der Waals surface area contributed by atoms with Crippen LogP contribution in [0.2, 0.25) is 0 Å². The minimum absolute atomic E-state index is 0.150. The highest BCUT2D eigenvalue weighted by atomic mass is 32.2. The minimum atomic E-state index is 0.150. The standard InChI is InChI=1S/C14H12N2OS/c1-9-14(18-13(17)8-16-9)11-6-7-15-12-5-3-2-4-10(11)12/h2-7,16H,8H2,1H3. The molecule has 3 rings (SSSR count). The second kappa shape index (κ2) is 4.46. The lowest BCUT2D eigenvalue weighted by Gasteiger charge is -2.19. The first-order valence-corrected chi connectivity index (χ1v) is 6.57. The lowest BCUT2D eigenvalue weighted by molar-refractivity contribution is -0.110. The molecule has 0 spiro atoms. The van der Waals surface area contributed by atoms with Crippen LogP contribution in [-0.4, -0.2) is 16.6 Å². The van der Waals surface area contributed by atoms with Crippen molar-refractivity contribution in [1.29, 1.82) is 0 Å². The van der Waals surface area contributed by atoms with Crippen molar-refractivity contribution in [3.63, 3.8) is 0 Å². The molecule has 2 heterocycles. The Labute approximate surface area is 109 Å². The third kappa shape index (κ3) is 1.88. The third-order valence-corrected chi connectivity index (χ3v) is 4.05. The molecule has 0 saturated carbocycles. The number of rotatable bonds is 1. The number of carbonyl (C=O) groups excluding carboxylic acids is 1. The summed E-state index contributed by atoms with van der Waals surface area (Å²) in [5, 5.41) is 4.37. The molecule has 0 bridgehead atoms. The summed E-state index contributed by atoms with van der Waals surface area (Å²) in [6, 6.07) is 9.95. The number of allylic oxidation sites excluding steroid dienone is 1. The van der Waals surface area contributed by atoms with Crippen LogP contribution < -0.4 is 5.32 Å². The summed E-state index contributed by atoms with van der Waals surface area (Å²) in [6.45, 7) is 2.41. The van der Waals surface area contributed by atoms with Crippen molar-refractivity contribution in [2.24, 2.45) is 0 Å². The Morgan fingerprint density at radius 1 is 1.28 bits per heavy atom. The molecule has 2 aromatic rings. The lowest BCUT2D eigenvalue weighted by atomic mass is 10.1. The Balaban J connectivity index is 2.23. The maximum atomic E-state index is 11.6. The second-order valence-corrected chi connectivity index (χ2v) is 5.23. The fourth-order valence-corrected chi connectivity index (χ4v) is 2.95. The number of nitrogens with zero attached hydrogens (tertiary/aromatic N) is 1. The first kappa shape index (κ1) is 11.3. The van der Waals surface area contributed by atoms with Crippen LogP contribution >= 0.6 is 11.8 Å². The fourth-order valence-electron chi connectivity index (χ4n) is 2.06. The summed E-state index contributed by atoms with van der Waals surface area (Å²) >= 11 is 1.31. The van der Waals surface area contributed by atoms with E-state index < -0.39 is 0 Å². The summed E-state index contributed by atoms with van der Waals surface area (Å²) in [6.07, 6.45) is 1.79. The normalized spacial score (nSPS) is 15.9. The van der Waals surface area contributed by atoms with Crippen LogP contribution in [0.3, 0.4) is 0 Å². The van der Waals surface area contributed by atoms with Crippen LogP contribution in [0.25, 0.3) is 15.8 Å². The van der Waals surface area contributed by atoms with Gasteiger partial charge in [0.2, 0.25) is 5.12 Å². The molecule has 3 nitrogen and oxygen atoms in total. The molecular formula is C14H12N2OS. The van der Waals surface area contributed by atoms with Crippen LogP contribution in [-0.2, 0) is 4.79 Å². The largest absolute Gasteiger partial charge is 0.380 e. The molecule has 1 aliphatic heterocycles. The molecule has 0 unspecified atom stereocenters. The van der Waals surface area contributed by atoms with Gasteiger partial charge in [0.25, 0.3) is 0 Å². The van der Waals surface area contributed by atoms with Gasteiger partial charge in [-0.15, -0.1) is 0 Å². The number of hydrogen-bond acceptors (Lipinski definition) is 4. The van der Waals surface area contributed by atoms with Crippen molar-refractivity contribution in [3.8, 4) is 0 Å². The van der Waals surface area contributed by atoms with Crippen LogP contribution in [0.4, 0.5) is 0 Å². The predicted octanol–water partition coefficient (Wildman–Crippen LogP) is 2.79. The van der Waals surface area contributed by atoms with Gasteiger partial charge in [-0.05, 0) is 30.8 Å². The molecule has 1 aliphatic rings. The van der Waals surface area contributed by atoms with Crippen molar-refractivity contribution < 1.29 is 4.79 Å². The van der Waals surface area contributed by atoms with Gasteiger partial charge < -0.3 is 5.32 Å². The Morgan fingerprint density at radius 2 is 2.11 bits per heavy atom. The van der Waals surface area contributed by atoms with Crippen LogP contribution in [0.15, 0.2) is 42.2 Å². The van der Waals surface area contributed by atoms with E-state index in [1.807, 2.05) is 37.3 Å². The van der Waals surface area contributed by atoms with Crippen LogP contribution in [0.5, 0.6) is 0 Å². The first-order chi connectivity index (χ1) is 8.75. The summed E-state index contributed by atoms with van der Waals surface area (Å²) < 4.78 is 0. The predicted molar refractivity (Wildman–Crippen MR) is 74.9 cm³/mol. The second-order valence-electron chi connectivity index (χ2n) is 4.16. The number of hydrogen-bond donors (Lipinski definition) is 1. The molecule has 0 aliphatic carbocycles. The van der Waals surface area contributed by atoms with Crippen molar-refractivity contribution >= 4 is 32.7 Å². The topological polar surface area (TPSA) is 42.0 Å². The molecule has 4 heteroatoms. The smallest absolute Gasteiger partial charge is 0.212 e. The molecule has 0 radical (unpaired) electrons. The summed E-state index contributed by atoms with van der Waals surface area (Å²) in [5.74, 6) is 0. The van der Waals surface area contributed by atoms with E-state index in [-0.39, 0.29) is 5.12 Å². The highest BCUT2D eigenvalue weighted by Crippen LogP contribution is 2.36. The average molecular weight is 256 g/mol. The van der Waals surface area contributed by atoms with Crippen molar-refractivity contribution in [1.82, 2.24) is 10.3 Å². The number of para-hydroxylation sites is 1. The summed E-state index contributed by atoms with van der Waals surface area (Å²) in [7, 11) is 0. The number of thioether (sulfide) groups is 1. The minimum Gasteiger partial charge on any atom is -0.380 e. The molecule has 18 heavy (non-hydrogen) atoms.